The Kier molecular flexibility index (Phi) is 6.32. The largest absolute Gasteiger partial charge is 0.507 e. The van der Waals surface area contributed by atoms with Crippen LogP contribution in [-0.4, -0.2) is 73.4 Å². The summed E-state index contributed by atoms with van der Waals surface area (Å²) < 4.78 is 45.0. The number of aromatic hydroxyl groups is 2. The van der Waals surface area contributed by atoms with Crippen LogP contribution in [0.3, 0.4) is 0 Å². The summed E-state index contributed by atoms with van der Waals surface area (Å²) >= 11 is 0. The molecule has 0 spiro atoms. The number of nitrogens with zero attached hydrogens (tertiary/aromatic N) is 2. The first-order valence-electron chi connectivity index (χ1n) is 15.1. The third-order valence-electron chi connectivity index (χ3n) is 9.14. The minimum Gasteiger partial charge on any atom is -0.507 e. The van der Waals surface area contributed by atoms with Crippen LogP contribution in [0, 0.1) is 0 Å². The second kappa shape index (κ2) is 10.7. The summed E-state index contributed by atoms with van der Waals surface area (Å²) in [5.41, 5.74) is 3.31. The van der Waals surface area contributed by atoms with Crippen LogP contribution in [0.5, 0.6) is 57.5 Å². The number of phenolic OH excluding ortho intramolecular Hbond substituents is 2. The second-order valence-corrected chi connectivity index (χ2v) is 11.6. The molecule has 5 aliphatic heterocycles. The number of benzene rings is 4. The van der Waals surface area contributed by atoms with Gasteiger partial charge in [0.2, 0.25) is 27.2 Å². The van der Waals surface area contributed by atoms with Gasteiger partial charge in [-0.3, -0.25) is 9.80 Å². The molecule has 12 heteroatoms. The third-order valence-corrected chi connectivity index (χ3v) is 9.14. The van der Waals surface area contributed by atoms with Crippen molar-refractivity contribution in [1.82, 2.24) is 9.80 Å². The Morgan fingerprint density at radius 2 is 0.739 bits per heavy atom. The molecule has 12 nitrogen and oxygen atoms in total. The number of fused-ring (bicyclic) bond motifs is 4. The van der Waals surface area contributed by atoms with Crippen molar-refractivity contribution in [1.29, 1.82) is 0 Å². The van der Waals surface area contributed by atoms with Gasteiger partial charge in [0.1, 0.15) is 11.5 Å². The van der Waals surface area contributed by atoms with Crippen molar-refractivity contribution in [3.05, 3.63) is 82.9 Å². The smallest absolute Gasteiger partial charge is 0.231 e. The van der Waals surface area contributed by atoms with Crippen LogP contribution in [0.1, 0.15) is 34.3 Å². The maximum atomic E-state index is 11.3. The Morgan fingerprint density at radius 1 is 0.413 bits per heavy atom. The lowest BCUT2D eigenvalue weighted by atomic mass is 9.92. The highest BCUT2D eigenvalue weighted by atomic mass is 16.7. The summed E-state index contributed by atoms with van der Waals surface area (Å²) in [6, 6.07) is 18.1. The van der Waals surface area contributed by atoms with Crippen LogP contribution in [0.25, 0.3) is 0 Å². The Hall–Kier alpha value is -5.20. The Labute approximate surface area is 263 Å². The number of phenols is 2. The molecule has 4 aromatic rings. The summed E-state index contributed by atoms with van der Waals surface area (Å²) in [7, 11) is 0. The fraction of sp³-hybridized carbons (Fsp3) is 0.294. The summed E-state index contributed by atoms with van der Waals surface area (Å²) in [5.74, 6) is 5.20. The van der Waals surface area contributed by atoms with Crippen LogP contribution in [-0.2, 0) is 0 Å². The Bertz CT molecular complexity index is 1710. The van der Waals surface area contributed by atoms with Gasteiger partial charge in [-0.2, -0.15) is 0 Å². The van der Waals surface area contributed by atoms with Crippen molar-refractivity contribution < 1.29 is 48.1 Å². The highest BCUT2D eigenvalue weighted by molar-refractivity contribution is 5.57. The summed E-state index contributed by atoms with van der Waals surface area (Å²) in [4.78, 5) is 4.67. The SMILES string of the molecule is Oc1cc2c(cc1[C@H](c1ccc3c(c1)OCO3)N1CCN([C@@H](c3ccc4c(c3)OCO4)c3cc4c(cc3O)OCO4)CC1)OCO2. The zero-order valence-corrected chi connectivity index (χ0v) is 24.6. The van der Waals surface area contributed by atoms with Gasteiger partial charge in [0, 0.05) is 49.4 Å². The molecule has 0 aliphatic carbocycles. The van der Waals surface area contributed by atoms with Crippen molar-refractivity contribution in [2.24, 2.45) is 0 Å². The highest BCUT2D eigenvalue weighted by Gasteiger charge is 2.36. The van der Waals surface area contributed by atoms with Gasteiger partial charge in [-0.25, -0.2) is 0 Å². The van der Waals surface area contributed by atoms with Gasteiger partial charge < -0.3 is 48.1 Å². The van der Waals surface area contributed by atoms with Gasteiger partial charge in [-0.1, -0.05) is 12.1 Å². The number of ether oxygens (including phenoxy) is 8. The van der Waals surface area contributed by atoms with E-state index in [9.17, 15) is 10.2 Å². The Balaban J connectivity index is 1.07. The summed E-state index contributed by atoms with van der Waals surface area (Å²) in [6.07, 6.45) is 0. The summed E-state index contributed by atoms with van der Waals surface area (Å²) in [5, 5.41) is 22.5. The molecule has 2 atom stereocenters. The third kappa shape index (κ3) is 4.52. The second-order valence-electron chi connectivity index (χ2n) is 11.6. The first-order chi connectivity index (χ1) is 22.6. The molecule has 2 N–H and O–H groups in total. The maximum absolute atomic E-state index is 11.3. The van der Waals surface area contributed by atoms with Crippen LogP contribution in [0.15, 0.2) is 60.7 Å². The number of piperazine rings is 1. The van der Waals surface area contributed by atoms with Crippen LogP contribution < -0.4 is 37.9 Å². The van der Waals surface area contributed by atoms with Crippen molar-refractivity contribution in [3.63, 3.8) is 0 Å². The molecule has 1 saturated heterocycles. The average molecular weight is 627 g/mol. The van der Waals surface area contributed by atoms with E-state index in [1.165, 1.54) is 0 Å². The molecule has 0 saturated carbocycles. The molecule has 0 radical (unpaired) electrons. The first-order valence-corrected chi connectivity index (χ1v) is 15.1. The normalized spacial score (nSPS) is 19.0. The lowest BCUT2D eigenvalue weighted by Crippen LogP contribution is -2.49. The van der Waals surface area contributed by atoms with Crippen LogP contribution in [0.2, 0.25) is 0 Å². The van der Waals surface area contributed by atoms with E-state index >= 15 is 0 Å². The molecule has 5 aliphatic rings. The monoisotopic (exact) mass is 626 g/mol. The van der Waals surface area contributed by atoms with Gasteiger partial charge in [-0.15, -0.1) is 0 Å². The lowest BCUT2D eigenvalue weighted by Gasteiger charge is -2.43. The van der Waals surface area contributed by atoms with Crippen LogP contribution in [0.4, 0.5) is 0 Å². The molecule has 4 aromatic carbocycles. The molecule has 0 amide bonds. The maximum Gasteiger partial charge on any atom is 0.231 e. The van der Waals surface area contributed by atoms with E-state index in [0.717, 1.165) is 11.1 Å². The van der Waals surface area contributed by atoms with E-state index in [2.05, 4.69) is 9.80 Å². The molecule has 236 valence electrons. The highest BCUT2D eigenvalue weighted by Crippen LogP contribution is 2.48. The zero-order valence-electron chi connectivity index (χ0n) is 24.6. The number of rotatable bonds is 6. The predicted octanol–water partition coefficient (Wildman–Crippen LogP) is 4.51. The predicted molar refractivity (Wildman–Crippen MR) is 160 cm³/mol. The minimum atomic E-state index is -0.311. The average Bonchev–Trinajstić information content (AvgIpc) is 3.89. The standard InChI is InChI=1S/C34H30N2O10/c37-23-13-31-29(43-17-45-31)11-21(23)33(19-1-3-25-27(9-19)41-15-39-25)35-5-7-36(8-6-35)34(20-2-4-26-28(10-20)42-16-40-26)22-12-30-32(14-24(22)38)46-18-44-30/h1-4,9-14,33-34,37-38H,5-8,15-18H2/t33-,34-/m0/s1. The minimum absolute atomic E-state index is 0.111. The zero-order chi connectivity index (χ0) is 30.8. The van der Waals surface area contributed by atoms with Crippen molar-refractivity contribution in [2.75, 3.05) is 53.4 Å². The first kappa shape index (κ1) is 27.1. The number of hydrogen-bond acceptors (Lipinski definition) is 12. The van der Waals surface area contributed by atoms with Gasteiger partial charge in [0.05, 0.1) is 12.1 Å². The van der Waals surface area contributed by atoms with Gasteiger partial charge in [-0.05, 0) is 47.5 Å². The molecular formula is C34H30N2O10. The topological polar surface area (TPSA) is 121 Å². The van der Waals surface area contributed by atoms with Crippen molar-refractivity contribution in [3.8, 4) is 57.5 Å². The quantitative estimate of drug-likeness (QED) is 0.313. The molecule has 0 aromatic heterocycles. The van der Waals surface area contributed by atoms with E-state index in [0.29, 0.717) is 83.3 Å². The fourth-order valence-corrected chi connectivity index (χ4v) is 6.93. The van der Waals surface area contributed by atoms with Crippen LogP contribution >= 0.6 is 0 Å². The van der Waals surface area contributed by atoms with E-state index in [1.807, 2.05) is 48.5 Å². The molecular weight excluding hydrogens is 596 g/mol. The van der Waals surface area contributed by atoms with E-state index in [-0.39, 0.29) is 50.8 Å². The Morgan fingerprint density at radius 3 is 1.13 bits per heavy atom. The van der Waals surface area contributed by atoms with Gasteiger partial charge in [0.25, 0.3) is 0 Å². The molecule has 9 rings (SSSR count). The van der Waals surface area contributed by atoms with E-state index < -0.39 is 0 Å². The molecule has 5 heterocycles. The van der Waals surface area contributed by atoms with E-state index in [1.54, 1.807) is 12.1 Å². The van der Waals surface area contributed by atoms with E-state index in [4.69, 9.17) is 37.9 Å². The molecule has 1 fully saturated rings. The number of hydrogen-bond donors (Lipinski definition) is 2. The van der Waals surface area contributed by atoms with Crippen molar-refractivity contribution >= 4 is 0 Å². The summed E-state index contributed by atoms with van der Waals surface area (Å²) in [6.45, 7) is 3.17. The van der Waals surface area contributed by atoms with Gasteiger partial charge in [0.15, 0.2) is 46.0 Å². The lowest BCUT2D eigenvalue weighted by molar-refractivity contribution is 0.0881. The van der Waals surface area contributed by atoms with Gasteiger partial charge >= 0.3 is 0 Å². The fourth-order valence-electron chi connectivity index (χ4n) is 6.93. The molecule has 46 heavy (non-hydrogen) atoms. The molecule has 0 unspecified atom stereocenters. The van der Waals surface area contributed by atoms with Crippen molar-refractivity contribution in [2.45, 2.75) is 12.1 Å². The molecule has 0 bridgehead atoms.